The lowest BCUT2D eigenvalue weighted by Crippen LogP contribution is -2.29. The Morgan fingerprint density at radius 1 is 1.17 bits per heavy atom. The number of rotatable bonds is 4. The molecule has 0 heterocycles. The molecule has 0 saturated heterocycles. The lowest BCUT2D eigenvalue weighted by molar-refractivity contribution is 0.471. The van der Waals surface area contributed by atoms with Crippen molar-refractivity contribution in [1.82, 2.24) is 5.32 Å². The number of hydrogen-bond acceptors (Lipinski definition) is 3. The monoisotopic (exact) mass is 265 g/mol. The van der Waals surface area contributed by atoms with Gasteiger partial charge < -0.3 is 5.32 Å². The van der Waals surface area contributed by atoms with Gasteiger partial charge in [0.05, 0.1) is 4.90 Å². The van der Waals surface area contributed by atoms with Crippen LogP contribution >= 0.6 is 0 Å². The summed E-state index contributed by atoms with van der Waals surface area (Å²) in [7, 11) is -3.10. The molecule has 1 aliphatic carbocycles. The fourth-order valence-corrected chi connectivity index (χ4v) is 2.84. The Kier molecular flexibility index (Phi) is 3.88. The zero-order valence-corrected chi connectivity index (χ0v) is 11.6. The number of nitrogens with one attached hydrogen (secondary N) is 1. The van der Waals surface area contributed by atoms with Crippen molar-refractivity contribution in [3.8, 4) is 0 Å². The summed E-state index contributed by atoms with van der Waals surface area (Å²) in [4.78, 5) is 0.376. The Bertz CT molecular complexity index is 523. The van der Waals surface area contributed by atoms with Crippen LogP contribution in [0.2, 0.25) is 0 Å². The minimum Gasteiger partial charge on any atom is -0.307 e. The highest BCUT2D eigenvalue weighted by Crippen LogP contribution is 2.19. The van der Waals surface area contributed by atoms with Crippen molar-refractivity contribution in [3.05, 3.63) is 42.0 Å². The van der Waals surface area contributed by atoms with E-state index in [0.29, 0.717) is 10.9 Å². The van der Waals surface area contributed by atoms with Gasteiger partial charge in [0.1, 0.15) is 0 Å². The quantitative estimate of drug-likeness (QED) is 0.851. The fraction of sp³-hybridized carbons (Fsp3) is 0.429. The molecule has 3 nitrogen and oxygen atoms in total. The molecule has 0 aromatic heterocycles. The second-order valence-corrected chi connectivity index (χ2v) is 6.89. The van der Waals surface area contributed by atoms with Crippen molar-refractivity contribution in [3.63, 3.8) is 0 Å². The Morgan fingerprint density at radius 2 is 1.72 bits per heavy atom. The highest BCUT2D eigenvalue weighted by atomic mass is 32.2. The third kappa shape index (κ3) is 3.21. The van der Waals surface area contributed by atoms with Gasteiger partial charge in [-0.3, -0.25) is 0 Å². The molecule has 1 N–H and O–H groups in total. The van der Waals surface area contributed by atoms with E-state index >= 15 is 0 Å². The van der Waals surface area contributed by atoms with Crippen molar-refractivity contribution < 1.29 is 8.42 Å². The summed E-state index contributed by atoms with van der Waals surface area (Å²) in [6.07, 6.45) is 7.76. The van der Waals surface area contributed by atoms with E-state index in [1.807, 2.05) is 12.1 Å². The highest BCUT2D eigenvalue weighted by Gasteiger charge is 2.14. The first-order valence-electron chi connectivity index (χ1n) is 6.18. The molecule has 0 radical (unpaired) electrons. The van der Waals surface area contributed by atoms with Gasteiger partial charge in [-0.25, -0.2) is 8.42 Å². The van der Waals surface area contributed by atoms with Gasteiger partial charge in [0.2, 0.25) is 0 Å². The topological polar surface area (TPSA) is 46.2 Å². The van der Waals surface area contributed by atoms with Crippen molar-refractivity contribution in [1.29, 1.82) is 0 Å². The van der Waals surface area contributed by atoms with Crippen LogP contribution in [-0.2, 0) is 9.84 Å². The molecule has 2 rings (SSSR count). The Balaban J connectivity index is 2.04. The molecule has 4 heteroatoms. The fourth-order valence-electron chi connectivity index (χ4n) is 2.21. The van der Waals surface area contributed by atoms with Crippen molar-refractivity contribution >= 4 is 9.84 Å². The van der Waals surface area contributed by atoms with Gasteiger partial charge in [0.15, 0.2) is 9.84 Å². The van der Waals surface area contributed by atoms with Crippen molar-refractivity contribution in [2.75, 3.05) is 6.26 Å². The smallest absolute Gasteiger partial charge is 0.175 e. The summed E-state index contributed by atoms with van der Waals surface area (Å²) >= 11 is 0. The van der Waals surface area contributed by atoms with Gasteiger partial charge in [0.25, 0.3) is 0 Å². The largest absolute Gasteiger partial charge is 0.307 e. The van der Waals surface area contributed by atoms with Crippen LogP contribution in [0.15, 0.2) is 41.3 Å². The van der Waals surface area contributed by atoms with Gasteiger partial charge >= 0.3 is 0 Å². The second-order valence-electron chi connectivity index (χ2n) is 4.87. The molecular formula is C14H19NO2S. The van der Waals surface area contributed by atoms with E-state index in [9.17, 15) is 8.42 Å². The van der Waals surface area contributed by atoms with E-state index in [1.54, 1.807) is 12.1 Å². The predicted molar refractivity (Wildman–Crippen MR) is 73.3 cm³/mol. The van der Waals surface area contributed by atoms with Gasteiger partial charge in [0, 0.05) is 18.3 Å². The molecule has 98 valence electrons. The van der Waals surface area contributed by atoms with Crippen LogP contribution < -0.4 is 5.32 Å². The molecule has 1 aromatic rings. The summed E-state index contributed by atoms with van der Waals surface area (Å²) in [6, 6.07) is 7.87. The van der Waals surface area contributed by atoms with Crippen molar-refractivity contribution in [2.24, 2.45) is 0 Å². The minimum atomic E-state index is -3.10. The van der Waals surface area contributed by atoms with Crippen molar-refractivity contribution in [2.45, 2.75) is 36.7 Å². The molecular weight excluding hydrogens is 246 g/mol. The van der Waals surface area contributed by atoms with Crippen LogP contribution in [0.1, 0.15) is 31.4 Å². The van der Waals surface area contributed by atoms with Crippen LogP contribution in [0.3, 0.4) is 0 Å². The number of sulfone groups is 1. The van der Waals surface area contributed by atoms with Crippen LogP contribution in [0.25, 0.3) is 0 Å². The summed E-state index contributed by atoms with van der Waals surface area (Å²) in [6.45, 7) is 2.10. The molecule has 1 unspecified atom stereocenters. The lowest BCUT2D eigenvalue weighted by Gasteiger charge is -2.19. The molecule has 0 amide bonds. The van der Waals surface area contributed by atoms with Gasteiger partial charge in [-0.15, -0.1) is 0 Å². The molecule has 0 spiro atoms. The Labute approximate surface area is 109 Å². The molecule has 1 atom stereocenters. The van der Waals surface area contributed by atoms with E-state index in [4.69, 9.17) is 0 Å². The normalized spacial score (nSPS) is 18.1. The molecule has 0 aliphatic heterocycles. The number of hydrogen-bond donors (Lipinski definition) is 1. The Morgan fingerprint density at radius 3 is 2.22 bits per heavy atom. The van der Waals surface area contributed by atoms with Crippen LogP contribution in [0.5, 0.6) is 0 Å². The maximum atomic E-state index is 11.4. The van der Waals surface area contributed by atoms with E-state index in [2.05, 4.69) is 24.4 Å². The van der Waals surface area contributed by atoms with Crippen LogP contribution in [0, 0.1) is 0 Å². The van der Waals surface area contributed by atoms with E-state index in [1.165, 1.54) is 6.26 Å². The number of benzene rings is 1. The second kappa shape index (κ2) is 5.24. The maximum absolute atomic E-state index is 11.4. The molecule has 18 heavy (non-hydrogen) atoms. The predicted octanol–water partition coefficient (Wildman–Crippen LogP) is 2.46. The first-order chi connectivity index (χ1) is 8.47. The summed E-state index contributed by atoms with van der Waals surface area (Å²) < 4.78 is 22.7. The highest BCUT2D eigenvalue weighted by molar-refractivity contribution is 7.90. The third-order valence-electron chi connectivity index (χ3n) is 3.30. The average Bonchev–Trinajstić information content (AvgIpc) is 2.81. The zero-order valence-electron chi connectivity index (χ0n) is 10.8. The molecule has 0 saturated carbocycles. The first-order valence-corrected chi connectivity index (χ1v) is 8.07. The maximum Gasteiger partial charge on any atom is 0.175 e. The molecule has 1 aliphatic rings. The minimum absolute atomic E-state index is 0.239. The standard InChI is InChI=1S/C14H19NO2S/c1-11(15-13-5-3-4-6-13)12-7-9-14(10-8-12)18(2,16)17/h3-4,7-11,13,15H,5-6H2,1-2H3. The summed E-state index contributed by atoms with van der Waals surface area (Å²) in [5, 5.41) is 3.54. The molecule has 0 bridgehead atoms. The Hall–Kier alpha value is -1.13. The lowest BCUT2D eigenvalue weighted by atomic mass is 10.1. The van der Waals surface area contributed by atoms with Crippen LogP contribution in [0.4, 0.5) is 0 Å². The van der Waals surface area contributed by atoms with E-state index in [0.717, 1.165) is 18.4 Å². The van der Waals surface area contributed by atoms with E-state index in [-0.39, 0.29) is 6.04 Å². The first kappa shape index (κ1) is 13.3. The molecule has 1 aromatic carbocycles. The average molecular weight is 265 g/mol. The van der Waals surface area contributed by atoms with E-state index < -0.39 is 9.84 Å². The third-order valence-corrected chi connectivity index (χ3v) is 4.43. The van der Waals surface area contributed by atoms with Crippen LogP contribution in [-0.4, -0.2) is 20.7 Å². The van der Waals surface area contributed by atoms with Gasteiger partial charge in [-0.1, -0.05) is 24.3 Å². The summed E-state index contributed by atoms with van der Waals surface area (Å²) in [5.74, 6) is 0. The SMILES string of the molecule is CC(NC1CC=CC1)c1ccc(S(C)(=O)=O)cc1. The molecule has 0 fully saturated rings. The van der Waals surface area contributed by atoms with Gasteiger partial charge in [-0.2, -0.15) is 0 Å². The van der Waals surface area contributed by atoms with Gasteiger partial charge in [-0.05, 0) is 37.5 Å². The summed E-state index contributed by atoms with van der Waals surface area (Å²) in [5.41, 5.74) is 1.12. The zero-order chi connectivity index (χ0) is 13.2.